The van der Waals surface area contributed by atoms with Gasteiger partial charge in [0.25, 0.3) is 5.91 Å². The van der Waals surface area contributed by atoms with Crippen LogP contribution in [-0.2, 0) is 0 Å². The van der Waals surface area contributed by atoms with Crippen LogP contribution in [-0.4, -0.2) is 25.0 Å². The van der Waals surface area contributed by atoms with Crippen molar-refractivity contribution in [2.45, 2.75) is 0 Å². The number of methoxy groups -OCH3 is 1. The molecule has 0 saturated heterocycles. The second-order valence-electron chi connectivity index (χ2n) is 3.98. The number of carbonyl (C=O) groups excluding carboxylic acids is 1. The quantitative estimate of drug-likeness (QED) is 0.900. The third-order valence-electron chi connectivity index (χ3n) is 2.69. The van der Waals surface area contributed by atoms with Gasteiger partial charge in [-0.1, -0.05) is 0 Å². The fourth-order valence-corrected chi connectivity index (χ4v) is 1.65. The number of halogens is 1. The molecular formula is C14H14FN3O2. The summed E-state index contributed by atoms with van der Waals surface area (Å²) < 4.78 is 18.1. The average molecular weight is 275 g/mol. The highest BCUT2D eigenvalue weighted by atomic mass is 19.1. The second kappa shape index (κ2) is 6.01. The summed E-state index contributed by atoms with van der Waals surface area (Å²) in [5.74, 6) is -0.118. The molecule has 0 aliphatic rings. The van der Waals surface area contributed by atoms with E-state index in [9.17, 15) is 9.18 Å². The largest absolute Gasteiger partial charge is 0.494 e. The van der Waals surface area contributed by atoms with E-state index >= 15 is 0 Å². The molecule has 0 fully saturated rings. The van der Waals surface area contributed by atoms with Crippen molar-refractivity contribution in [3.05, 3.63) is 47.9 Å². The zero-order valence-electron chi connectivity index (χ0n) is 11.1. The van der Waals surface area contributed by atoms with Crippen LogP contribution in [0.4, 0.5) is 15.9 Å². The zero-order valence-corrected chi connectivity index (χ0v) is 11.1. The van der Waals surface area contributed by atoms with Crippen molar-refractivity contribution >= 4 is 17.4 Å². The lowest BCUT2D eigenvalue weighted by atomic mass is 10.2. The lowest BCUT2D eigenvalue weighted by molar-refractivity contribution is 0.102. The maximum Gasteiger partial charge on any atom is 0.255 e. The molecule has 0 unspecified atom stereocenters. The van der Waals surface area contributed by atoms with Crippen molar-refractivity contribution in [3.8, 4) is 5.75 Å². The maximum absolute atomic E-state index is 13.3. The van der Waals surface area contributed by atoms with Gasteiger partial charge in [-0.05, 0) is 24.3 Å². The Balaban J connectivity index is 2.18. The number of pyridine rings is 1. The number of carbonyl (C=O) groups is 1. The van der Waals surface area contributed by atoms with Crippen molar-refractivity contribution in [3.63, 3.8) is 0 Å². The fraction of sp³-hybridized carbons (Fsp3) is 0.143. The third kappa shape index (κ3) is 3.03. The molecule has 6 heteroatoms. The highest BCUT2D eigenvalue weighted by molar-refractivity contribution is 6.04. The van der Waals surface area contributed by atoms with E-state index in [1.54, 1.807) is 19.2 Å². The first-order valence-electron chi connectivity index (χ1n) is 5.92. The molecule has 0 aliphatic heterocycles. The Morgan fingerprint density at radius 2 is 2.10 bits per heavy atom. The lowest BCUT2D eigenvalue weighted by Gasteiger charge is -2.08. The number of hydrogen-bond acceptors (Lipinski definition) is 4. The molecule has 104 valence electrons. The van der Waals surface area contributed by atoms with Crippen molar-refractivity contribution in [1.82, 2.24) is 4.98 Å². The highest BCUT2D eigenvalue weighted by Crippen LogP contribution is 2.22. The standard InChI is InChI=1S/C14H14FN3O2/c1-16-13-7-9(5-6-17-13)14(19)18-10-3-4-11(15)12(8-10)20-2/h3-8H,1-2H3,(H,16,17)(H,18,19). The summed E-state index contributed by atoms with van der Waals surface area (Å²) in [7, 11) is 3.08. The Morgan fingerprint density at radius 1 is 1.30 bits per heavy atom. The maximum atomic E-state index is 13.3. The molecule has 0 aliphatic carbocycles. The van der Waals surface area contributed by atoms with Crippen LogP contribution in [0.3, 0.4) is 0 Å². The molecule has 0 bridgehead atoms. The van der Waals surface area contributed by atoms with E-state index in [0.29, 0.717) is 17.1 Å². The van der Waals surface area contributed by atoms with E-state index in [-0.39, 0.29) is 11.7 Å². The van der Waals surface area contributed by atoms with Crippen LogP contribution >= 0.6 is 0 Å². The number of hydrogen-bond donors (Lipinski definition) is 2. The molecule has 0 radical (unpaired) electrons. The Labute approximate surface area is 115 Å². The van der Waals surface area contributed by atoms with E-state index in [1.807, 2.05) is 0 Å². The molecular weight excluding hydrogens is 261 g/mol. The molecule has 20 heavy (non-hydrogen) atoms. The number of nitrogens with zero attached hydrogens (tertiary/aromatic N) is 1. The van der Waals surface area contributed by atoms with E-state index in [1.165, 1.54) is 31.5 Å². The first kappa shape index (κ1) is 13.8. The first-order chi connectivity index (χ1) is 9.63. The number of nitrogens with one attached hydrogen (secondary N) is 2. The van der Waals surface area contributed by atoms with Crippen LogP contribution in [0.1, 0.15) is 10.4 Å². The molecule has 0 saturated carbocycles. The summed E-state index contributed by atoms with van der Waals surface area (Å²) in [6.07, 6.45) is 1.53. The van der Waals surface area contributed by atoms with E-state index < -0.39 is 5.82 Å². The van der Waals surface area contributed by atoms with Gasteiger partial charge in [0.1, 0.15) is 5.82 Å². The highest BCUT2D eigenvalue weighted by Gasteiger charge is 2.09. The van der Waals surface area contributed by atoms with Crippen LogP contribution in [0.25, 0.3) is 0 Å². The Kier molecular flexibility index (Phi) is 4.14. The van der Waals surface area contributed by atoms with Gasteiger partial charge < -0.3 is 15.4 Å². The van der Waals surface area contributed by atoms with Crippen molar-refractivity contribution in [2.24, 2.45) is 0 Å². The van der Waals surface area contributed by atoms with Gasteiger partial charge >= 0.3 is 0 Å². The topological polar surface area (TPSA) is 63.2 Å². The van der Waals surface area contributed by atoms with Crippen LogP contribution in [0, 0.1) is 5.82 Å². The minimum absolute atomic E-state index is 0.0773. The number of ether oxygens (including phenoxy) is 1. The van der Waals surface area contributed by atoms with Crippen molar-refractivity contribution in [1.29, 1.82) is 0 Å². The fourth-order valence-electron chi connectivity index (χ4n) is 1.65. The minimum atomic E-state index is -0.480. The summed E-state index contributed by atoms with van der Waals surface area (Å²) in [6, 6.07) is 7.34. The molecule has 5 nitrogen and oxygen atoms in total. The zero-order chi connectivity index (χ0) is 14.5. The predicted molar refractivity (Wildman–Crippen MR) is 74.7 cm³/mol. The predicted octanol–water partition coefficient (Wildman–Crippen LogP) is 2.52. The number of rotatable bonds is 4. The molecule has 1 aromatic carbocycles. The molecule has 2 rings (SSSR count). The summed E-state index contributed by atoms with van der Waals surface area (Å²) in [6.45, 7) is 0. The van der Waals surface area contributed by atoms with Gasteiger partial charge in [0.2, 0.25) is 0 Å². The van der Waals surface area contributed by atoms with Gasteiger partial charge in [-0.25, -0.2) is 9.37 Å². The van der Waals surface area contributed by atoms with Gasteiger partial charge in [0.15, 0.2) is 11.6 Å². The number of amides is 1. The van der Waals surface area contributed by atoms with Gasteiger partial charge in [-0.3, -0.25) is 4.79 Å². The molecule has 1 heterocycles. The molecule has 2 N–H and O–H groups in total. The Bertz CT molecular complexity index is 632. The van der Waals surface area contributed by atoms with E-state index in [0.717, 1.165) is 0 Å². The van der Waals surface area contributed by atoms with Gasteiger partial charge in [0, 0.05) is 30.6 Å². The molecule has 2 aromatic rings. The van der Waals surface area contributed by atoms with E-state index in [2.05, 4.69) is 15.6 Å². The summed E-state index contributed by atoms with van der Waals surface area (Å²) in [5.41, 5.74) is 0.906. The third-order valence-corrected chi connectivity index (χ3v) is 2.69. The Hall–Kier alpha value is -2.63. The summed E-state index contributed by atoms with van der Waals surface area (Å²) in [4.78, 5) is 16.1. The van der Waals surface area contributed by atoms with Crippen molar-refractivity contribution in [2.75, 3.05) is 24.8 Å². The molecule has 1 aromatic heterocycles. The molecule has 1 amide bonds. The second-order valence-corrected chi connectivity index (χ2v) is 3.98. The first-order valence-corrected chi connectivity index (χ1v) is 5.92. The van der Waals surface area contributed by atoms with Gasteiger partial charge in [-0.2, -0.15) is 0 Å². The normalized spacial score (nSPS) is 9.95. The number of anilines is 2. The van der Waals surface area contributed by atoms with Crippen LogP contribution in [0.5, 0.6) is 5.75 Å². The van der Waals surface area contributed by atoms with Crippen molar-refractivity contribution < 1.29 is 13.9 Å². The van der Waals surface area contributed by atoms with Crippen LogP contribution in [0.2, 0.25) is 0 Å². The summed E-state index contributed by atoms with van der Waals surface area (Å²) in [5, 5.41) is 5.52. The average Bonchev–Trinajstić information content (AvgIpc) is 2.49. The van der Waals surface area contributed by atoms with Crippen LogP contribution < -0.4 is 15.4 Å². The lowest BCUT2D eigenvalue weighted by Crippen LogP contribution is -2.12. The minimum Gasteiger partial charge on any atom is -0.494 e. The Morgan fingerprint density at radius 3 is 2.80 bits per heavy atom. The number of aromatic nitrogens is 1. The molecule has 0 atom stereocenters. The van der Waals surface area contributed by atoms with Crippen LogP contribution in [0.15, 0.2) is 36.5 Å². The molecule has 0 spiro atoms. The number of benzene rings is 1. The summed E-state index contributed by atoms with van der Waals surface area (Å²) >= 11 is 0. The van der Waals surface area contributed by atoms with E-state index in [4.69, 9.17) is 4.74 Å². The SMILES string of the molecule is CNc1cc(C(=O)Nc2ccc(F)c(OC)c2)ccn1. The smallest absolute Gasteiger partial charge is 0.255 e. The van der Waals surface area contributed by atoms with Gasteiger partial charge in [-0.15, -0.1) is 0 Å². The van der Waals surface area contributed by atoms with Gasteiger partial charge in [0.05, 0.1) is 7.11 Å². The monoisotopic (exact) mass is 275 g/mol.